The minimum atomic E-state index is -0.374. The molecule has 4 rings (SSSR count). The third-order valence-electron chi connectivity index (χ3n) is 5.49. The number of rotatable bonds is 4. The molecule has 24 heavy (non-hydrogen) atoms. The molecule has 2 bridgehead atoms. The van der Waals surface area contributed by atoms with E-state index < -0.39 is 0 Å². The van der Waals surface area contributed by atoms with Crippen LogP contribution in [0.4, 0.5) is 5.69 Å². The van der Waals surface area contributed by atoms with Crippen LogP contribution >= 0.6 is 15.9 Å². The summed E-state index contributed by atoms with van der Waals surface area (Å²) in [4.78, 5) is 25.1. The maximum Gasteiger partial charge on any atom is 0.310 e. The van der Waals surface area contributed by atoms with Crippen molar-refractivity contribution in [1.29, 1.82) is 0 Å². The number of carbonyl (C=O) groups is 2. The van der Waals surface area contributed by atoms with Gasteiger partial charge in [0.05, 0.1) is 36.6 Å². The molecule has 0 spiro atoms. The number of halogens is 1. The molecular weight excluding hydrogens is 378 g/mol. The van der Waals surface area contributed by atoms with Crippen molar-refractivity contribution >= 4 is 33.5 Å². The summed E-state index contributed by atoms with van der Waals surface area (Å²) in [5, 5.41) is 2.91. The molecule has 6 nitrogen and oxygen atoms in total. The highest BCUT2D eigenvalue weighted by Gasteiger charge is 2.67. The number of hydrogen-bond acceptors (Lipinski definition) is 5. The Kier molecular flexibility index (Phi) is 3.71. The van der Waals surface area contributed by atoms with Gasteiger partial charge in [0, 0.05) is 12.0 Å². The van der Waals surface area contributed by atoms with Crippen LogP contribution in [0.2, 0.25) is 0 Å². The van der Waals surface area contributed by atoms with E-state index >= 15 is 0 Å². The summed E-state index contributed by atoms with van der Waals surface area (Å²) in [6, 6.07) is 5.22. The number of amides is 1. The lowest BCUT2D eigenvalue weighted by Gasteiger charge is -2.27. The van der Waals surface area contributed by atoms with E-state index in [1.165, 1.54) is 0 Å². The summed E-state index contributed by atoms with van der Waals surface area (Å²) >= 11 is 3.62. The molecule has 0 aromatic heterocycles. The zero-order valence-electron chi connectivity index (χ0n) is 13.3. The molecule has 1 N–H and O–H groups in total. The number of hydrogen-bond donors (Lipinski definition) is 1. The van der Waals surface area contributed by atoms with Crippen LogP contribution in [-0.4, -0.2) is 37.0 Å². The molecule has 1 amide bonds. The Hall–Kier alpha value is -1.76. The Morgan fingerprint density at radius 3 is 2.79 bits per heavy atom. The number of nitrogens with one attached hydrogen (secondary N) is 1. The summed E-state index contributed by atoms with van der Waals surface area (Å²) in [5.41, 5.74) is 0.540. The topological polar surface area (TPSA) is 73.9 Å². The first-order valence-electron chi connectivity index (χ1n) is 7.92. The van der Waals surface area contributed by atoms with E-state index in [1.54, 1.807) is 32.4 Å². The van der Waals surface area contributed by atoms with E-state index in [2.05, 4.69) is 21.2 Å². The van der Waals surface area contributed by atoms with Crippen LogP contribution in [0, 0.1) is 23.7 Å². The third kappa shape index (κ3) is 2.13. The molecule has 1 aromatic rings. The van der Waals surface area contributed by atoms with E-state index in [0.717, 1.165) is 6.42 Å². The minimum absolute atomic E-state index is 0.0492. The molecule has 0 unspecified atom stereocenters. The van der Waals surface area contributed by atoms with Gasteiger partial charge in [-0.25, -0.2) is 0 Å². The molecule has 1 aliphatic heterocycles. The predicted molar refractivity (Wildman–Crippen MR) is 89.3 cm³/mol. The fourth-order valence-corrected chi connectivity index (χ4v) is 5.50. The zero-order chi connectivity index (χ0) is 17.0. The molecule has 1 saturated heterocycles. The number of carbonyl (C=O) groups excluding carboxylic acids is 2. The second-order valence-corrected chi connectivity index (χ2v) is 7.57. The van der Waals surface area contributed by atoms with Crippen molar-refractivity contribution in [3.63, 3.8) is 0 Å². The zero-order valence-corrected chi connectivity index (χ0v) is 14.9. The highest BCUT2D eigenvalue weighted by atomic mass is 79.9. The smallest absolute Gasteiger partial charge is 0.310 e. The standard InChI is InChI=1S/C17H18BrNO5/c1-22-7-3-4-11(23-2)10(5-7)19-16(20)12-8-6-9-13(12)17(21)24-15(9)14(8)18/h3-5,8-9,12-15H,6H2,1-2H3,(H,19,20)/t8-,9-,12-,13-,14-,15+/m1/s1. The number of esters is 1. The molecule has 128 valence electrons. The number of anilines is 1. The van der Waals surface area contributed by atoms with E-state index in [1.807, 2.05) is 0 Å². The Bertz CT molecular complexity index is 708. The summed E-state index contributed by atoms with van der Waals surface area (Å²) < 4.78 is 16.0. The largest absolute Gasteiger partial charge is 0.497 e. The van der Waals surface area contributed by atoms with Crippen molar-refractivity contribution in [2.75, 3.05) is 19.5 Å². The van der Waals surface area contributed by atoms with Crippen LogP contribution in [-0.2, 0) is 14.3 Å². The van der Waals surface area contributed by atoms with Crippen molar-refractivity contribution in [3.05, 3.63) is 18.2 Å². The highest BCUT2D eigenvalue weighted by molar-refractivity contribution is 9.09. The number of benzene rings is 1. The normalized spacial score (nSPS) is 35.7. The second kappa shape index (κ2) is 5.65. The highest BCUT2D eigenvalue weighted by Crippen LogP contribution is 2.60. The molecule has 3 fully saturated rings. The molecule has 1 aromatic carbocycles. The van der Waals surface area contributed by atoms with Gasteiger partial charge in [-0.2, -0.15) is 0 Å². The van der Waals surface area contributed by atoms with Gasteiger partial charge in [0.2, 0.25) is 5.91 Å². The molecule has 2 saturated carbocycles. The molecule has 0 radical (unpaired) electrons. The Balaban J connectivity index is 1.60. The first-order chi connectivity index (χ1) is 11.5. The van der Waals surface area contributed by atoms with E-state index in [4.69, 9.17) is 14.2 Å². The Morgan fingerprint density at radius 2 is 2.08 bits per heavy atom. The van der Waals surface area contributed by atoms with Crippen LogP contribution in [0.15, 0.2) is 18.2 Å². The minimum Gasteiger partial charge on any atom is -0.497 e. The van der Waals surface area contributed by atoms with E-state index in [0.29, 0.717) is 17.2 Å². The van der Waals surface area contributed by atoms with Gasteiger partial charge in [-0.05, 0) is 24.5 Å². The van der Waals surface area contributed by atoms with Gasteiger partial charge in [0.1, 0.15) is 17.6 Å². The summed E-state index contributed by atoms with van der Waals surface area (Å²) in [6.45, 7) is 0. The van der Waals surface area contributed by atoms with Gasteiger partial charge in [-0.3, -0.25) is 9.59 Å². The first-order valence-corrected chi connectivity index (χ1v) is 8.84. The second-order valence-electron chi connectivity index (χ2n) is 6.52. The van der Waals surface area contributed by atoms with Gasteiger partial charge in [0.25, 0.3) is 0 Å². The first kappa shape index (κ1) is 15.7. The van der Waals surface area contributed by atoms with Crippen molar-refractivity contribution < 1.29 is 23.8 Å². The van der Waals surface area contributed by atoms with Crippen molar-refractivity contribution in [3.8, 4) is 11.5 Å². The lowest BCUT2D eigenvalue weighted by atomic mass is 9.79. The maximum atomic E-state index is 12.9. The number of methoxy groups -OCH3 is 2. The summed E-state index contributed by atoms with van der Waals surface area (Å²) in [6.07, 6.45) is 0.771. The number of ether oxygens (including phenoxy) is 3. The maximum absolute atomic E-state index is 12.9. The van der Waals surface area contributed by atoms with Gasteiger partial charge in [-0.15, -0.1) is 0 Å². The number of alkyl halides is 1. The van der Waals surface area contributed by atoms with E-state index in [9.17, 15) is 9.59 Å². The molecular formula is C17H18BrNO5. The van der Waals surface area contributed by atoms with Crippen molar-refractivity contribution in [2.24, 2.45) is 23.7 Å². The fourth-order valence-electron chi connectivity index (χ4n) is 4.46. The van der Waals surface area contributed by atoms with Crippen LogP contribution < -0.4 is 14.8 Å². The Labute approximate surface area is 148 Å². The molecule has 7 heteroatoms. The van der Waals surface area contributed by atoms with Gasteiger partial charge in [-0.1, -0.05) is 15.9 Å². The van der Waals surface area contributed by atoms with Gasteiger partial charge in [0.15, 0.2) is 0 Å². The number of fused-ring (bicyclic) bond motifs is 1. The quantitative estimate of drug-likeness (QED) is 0.624. The van der Waals surface area contributed by atoms with Crippen LogP contribution in [0.3, 0.4) is 0 Å². The lowest BCUT2D eigenvalue weighted by molar-refractivity contribution is -0.145. The predicted octanol–water partition coefficient (Wildman–Crippen LogP) is 2.21. The summed E-state index contributed by atoms with van der Waals surface area (Å²) in [7, 11) is 3.11. The van der Waals surface area contributed by atoms with Gasteiger partial charge < -0.3 is 19.5 Å². The molecule has 6 atom stereocenters. The molecule has 1 heterocycles. The van der Waals surface area contributed by atoms with Crippen molar-refractivity contribution in [2.45, 2.75) is 17.4 Å². The Morgan fingerprint density at radius 1 is 1.29 bits per heavy atom. The summed E-state index contributed by atoms with van der Waals surface area (Å²) in [5.74, 6) is 0.329. The van der Waals surface area contributed by atoms with Crippen molar-refractivity contribution in [1.82, 2.24) is 0 Å². The molecule has 3 aliphatic rings. The van der Waals surface area contributed by atoms with Crippen LogP contribution in [0.1, 0.15) is 6.42 Å². The molecule has 2 aliphatic carbocycles. The SMILES string of the molecule is COc1ccc(OC)c(NC(=O)[C@@H]2[C@H]3C[C@H]4[C@H](OC(=O)[C@H]42)[C@@H]3Br)c1. The fraction of sp³-hybridized carbons (Fsp3) is 0.529. The van der Waals surface area contributed by atoms with Crippen LogP contribution in [0.25, 0.3) is 0 Å². The monoisotopic (exact) mass is 395 g/mol. The van der Waals surface area contributed by atoms with Gasteiger partial charge >= 0.3 is 5.97 Å². The lowest BCUT2D eigenvalue weighted by Crippen LogP contribution is -2.40. The average Bonchev–Trinajstić information content (AvgIpc) is 3.18. The van der Waals surface area contributed by atoms with Crippen LogP contribution in [0.5, 0.6) is 11.5 Å². The average molecular weight is 396 g/mol. The van der Waals surface area contributed by atoms with E-state index in [-0.39, 0.29) is 46.5 Å². The third-order valence-corrected chi connectivity index (χ3v) is 6.69.